The maximum absolute atomic E-state index is 9.46. The van der Waals surface area contributed by atoms with Gasteiger partial charge in [0.15, 0.2) is 0 Å². The summed E-state index contributed by atoms with van der Waals surface area (Å²) in [5, 5.41) is 9.46. The molecule has 0 spiro atoms. The first-order valence-electron chi connectivity index (χ1n) is 6.24. The third kappa shape index (κ3) is 1.85. The first kappa shape index (κ1) is 11.5. The number of rotatable bonds is 2. The van der Waals surface area contributed by atoms with Crippen LogP contribution in [0.5, 0.6) is 0 Å². The minimum absolute atomic E-state index is 0.0644. The Morgan fingerprint density at radius 1 is 1.50 bits per heavy atom. The summed E-state index contributed by atoms with van der Waals surface area (Å²) in [5.74, 6) is 0.686. The minimum atomic E-state index is -0.0644. The van der Waals surface area contributed by atoms with Crippen molar-refractivity contribution in [3.05, 3.63) is 24.0 Å². The van der Waals surface area contributed by atoms with Crippen LogP contribution in [0.1, 0.15) is 24.7 Å². The molecule has 5 nitrogen and oxygen atoms in total. The molecule has 1 aliphatic heterocycles. The van der Waals surface area contributed by atoms with Crippen molar-refractivity contribution in [2.75, 3.05) is 18.9 Å². The summed E-state index contributed by atoms with van der Waals surface area (Å²) in [7, 11) is 0. The number of aromatic nitrogens is 2. The van der Waals surface area contributed by atoms with E-state index in [0.29, 0.717) is 18.1 Å². The molecule has 1 aliphatic rings. The molecule has 1 aromatic heterocycles. The molecule has 18 heavy (non-hydrogen) atoms. The standard InChI is InChI=1S/C13H17N3O2/c14-9-3-4-12-11(6-9)15-13(7-17)16(12)10-2-1-5-18-8-10/h3-4,6,10,17H,1-2,5,7-8,14H2. The fourth-order valence-corrected chi connectivity index (χ4v) is 2.61. The Labute approximate surface area is 105 Å². The number of benzene rings is 1. The van der Waals surface area contributed by atoms with Crippen LogP contribution >= 0.6 is 0 Å². The van der Waals surface area contributed by atoms with Crippen LogP contribution in [0.4, 0.5) is 5.69 Å². The third-order valence-corrected chi connectivity index (χ3v) is 3.43. The molecule has 2 aromatic rings. The highest BCUT2D eigenvalue weighted by atomic mass is 16.5. The van der Waals surface area contributed by atoms with E-state index in [1.165, 1.54) is 0 Å². The van der Waals surface area contributed by atoms with Crippen molar-refractivity contribution in [2.45, 2.75) is 25.5 Å². The maximum Gasteiger partial charge on any atom is 0.136 e. The molecule has 0 radical (unpaired) electrons. The Morgan fingerprint density at radius 3 is 3.11 bits per heavy atom. The van der Waals surface area contributed by atoms with Crippen LogP contribution in [0.15, 0.2) is 18.2 Å². The van der Waals surface area contributed by atoms with Gasteiger partial charge >= 0.3 is 0 Å². The number of imidazole rings is 1. The van der Waals surface area contributed by atoms with Gasteiger partial charge in [0.1, 0.15) is 12.4 Å². The fraction of sp³-hybridized carbons (Fsp3) is 0.462. The molecule has 0 bridgehead atoms. The second kappa shape index (κ2) is 4.59. The predicted octanol–water partition coefficient (Wildman–Crippen LogP) is 1.46. The first-order chi connectivity index (χ1) is 8.79. The third-order valence-electron chi connectivity index (χ3n) is 3.43. The van der Waals surface area contributed by atoms with E-state index >= 15 is 0 Å². The van der Waals surface area contributed by atoms with E-state index in [0.717, 1.165) is 30.5 Å². The zero-order chi connectivity index (χ0) is 12.5. The number of nitrogens with zero attached hydrogens (tertiary/aromatic N) is 2. The first-order valence-corrected chi connectivity index (χ1v) is 6.24. The van der Waals surface area contributed by atoms with E-state index in [4.69, 9.17) is 10.5 Å². The van der Waals surface area contributed by atoms with Crippen molar-refractivity contribution in [1.29, 1.82) is 0 Å². The lowest BCUT2D eigenvalue weighted by atomic mass is 10.1. The van der Waals surface area contributed by atoms with E-state index in [1.807, 2.05) is 18.2 Å². The summed E-state index contributed by atoms with van der Waals surface area (Å²) in [5.41, 5.74) is 8.31. The van der Waals surface area contributed by atoms with Crippen LogP contribution in [-0.4, -0.2) is 27.9 Å². The van der Waals surface area contributed by atoms with Gasteiger partial charge in [0.2, 0.25) is 0 Å². The molecule has 1 saturated heterocycles. The van der Waals surface area contributed by atoms with Crippen LogP contribution in [0.3, 0.4) is 0 Å². The van der Waals surface area contributed by atoms with Crippen molar-refractivity contribution in [3.8, 4) is 0 Å². The molecular weight excluding hydrogens is 230 g/mol. The SMILES string of the molecule is Nc1ccc2c(c1)nc(CO)n2C1CCCOC1. The second-order valence-corrected chi connectivity index (χ2v) is 4.68. The van der Waals surface area contributed by atoms with Gasteiger partial charge in [0.05, 0.1) is 23.7 Å². The second-order valence-electron chi connectivity index (χ2n) is 4.68. The van der Waals surface area contributed by atoms with Crippen LogP contribution in [0.2, 0.25) is 0 Å². The van der Waals surface area contributed by atoms with Gasteiger partial charge < -0.3 is 20.1 Å². The zero-order valence-electron chi connectivity index (χ0n) is 10.2. The summed E-state index contributed by atoms with van der Waals surface area (Å²) in [6.45, 7) is 1.44. The lowest BCUT2D eigenvalue weighted by Gasteiger charge is -2.25. The number of hydrogen-bond donors (Lipinski definition) is 2. The molecular formula is C13H17N3O2. The van der Waals surface area contributed by atoms with Crippen LogP contribution in [-0.2, 0) is 11.3 Å². The van der Waals surface area contributed by atoms with Crippen LogP contribution in [0.25, 0.3) is 11.0 Å². The average molecular weight is 247 g/mol. The van der Waals surface area contributed by atoms with Gasteiger partial charge in [-0.05, 0) is 31.0 Å². The number of anilines is 1. The quantitative estimate of drug-likeness (QED) is 0.788. The molecule has 3 N–H and O–H groups in total. The summed E-state index contributed by atoms with van der Waals surface area (Å²) in [4.78, 5) is 4.44. The van der Waals surface area contributed by atoms with Gasteiger partial charge in [-0.25, -0.2) is 4.98 Å². The number of nitrogens with two attached hydrogens (primary N) is 1. The number of fused-ring (bicyclic) bond motifs is 1. The Bertz CT molecular complexity index is 559. The molecule has 0 saturated carbocycles. The van der Waals surface area contributed by atoms with Gasteiger partial charge in [0, 0.05) is 12.3 Å². The van der Waals surface area contributed by atoms with Crippen LogP contribution < -0.4 is 5.73 Å². The van der Waals surface area contributed by atoms with Crippen molar-refractivity contribution in [1.82, 2.24) is 9.55 Å². The molecule has 96 valence electrons. The van der Waals surface area contributed by atoms with Gasteiger partial charge in [-0.1, -0.05) is 0 Å². The normalized spacial score (nSPS) is 20.4. The lowest BCUT2D eigenvalue weighted by Crippen LogP contribution is -2.22. The topological polar surface area (TPSA) is 73.3 Å². The van der Waals surface area contributed by atoms with Crippen LogP contribution in [0, 0.1) is 0 Å². The number of nitrogen functional groups attached to an aromatic ring is 1. The summed E-state index contributed by atoms with van der Waals surface area (Å²) >= 11 is 0. The molecule has 1 atom stereocenters. The lowest BCUT2D eigenvalue weighted by molar-refractivity contribution is 0.0582. The molecule has 1 aromatic carbocycles. The highest BCUT2D eigenvalue weighted by Gasteiger charge is 2.21. The molecule has 5 heteroatoms. The van der Waals surface area contributed by atoms with E-state index in [9.17, 15) is 5.11 Å². The monoisotopic (exact) mass is 247 g/mol. The van der Waals surface area contributed by atoms with E-state index in [2.05, 4.69) is 9.55 Å². The Balaban J connectivity index is 2.12. The van der Waals surface area contributed by atoms with Crippen molar-refractivity contribution in [2.24, 2.45) is 0 Å². The van der Waals surface area contributed by atoms with E-state index < -0.39 is 0 Å². The van der Waals surface area contributed by atoms with Crippen molar-refractivity contribution >= 4 is 16.7 Å². The zero-order valence-corrected chi connectivity index (χ0v) is 10.2. The molecule has 0 amide bonds. The van der Waals surface area contributed by atoms with E-state index in [-0.39, 0.29) is 12.6 Å². The molecule has 3 rings (SSSR count). The number of aliphatic hydroxyl groups excluding tert-OH is 1. The maximum atomic E-state index is 9.46. The van der Waals surface area contributed by atoms with E-state index in [1.54, 1.807) is 0 Å². The summed E-state index contributed by atoms with van der Waals surface area (Å²) in [6.07, 6.45) is 2.10. The Morgan fingerprint density at radius 2 is 2.39 bits per heavy atom. The highest BCUT2D eigenvalue weighted by molar-refractivity contribution is 5.79. The smallest absolute Gasteiger partial charge is 0.136 e. The highest BCUT2D eigenvalue weighted by Crippen LogP contribution is 2.27. The summed E-state index contributed by atoms with van der Waals surface area (Å²) < 4.78 is 7.61. The largest absolute Gasteiger partial charge is 0.399 e. The van der Waals surface area contributed by atoms with Gasteiger partial charge in [-0.3, -0.25) is 0 Å². The molecule has 1 fully saturated rings. The predicted molar refractivity (Wildman–Crippen MR) is 69.2 cm³/mol. The van der Waals surface area contributed by atoms with Gasteiger partial charge in [-0.15, -0.1) is 0 Å². The molecule has 0 aliphatic carbocycles. The fourth-order valence-electron chi connectivity index (χ4n) is 2.61. The number of ether oxygens (including phenoxy) is 1. The Kier molecular flexibility index (Phi) is 2.93. The average Bonchev–Trinajstić information content (AvgIpc) is 2.77. The minimum Gasteiger partial charge on any atom is -0.399 e. The number of aliphatic hydroxyl groups is 1. The van der Waals surface area contributed by atoms with Gasteiger partial charge in [0.25, 0.3) is 0 Å². The van der Waals surface area contributed by atoms with Crippen molar-refractivity contribution in [3.63, 3.8) is 0 Å². The summed E-state index contributed by atoms with van der Waals surface area (Å²) in [6, 6.07) is 5.93. The van der Waals surface area contributed by atoms with Crippen molar-refractivity contribution < 1.29 is 9.84 Å². The Hall–Kier alpha value is -1.59. The molecule has 1 unspecified atom stereocenters. The van der Waals surface area contributed by atoms with Gasteiger partial charge in [-0.2, -0.15) is 0 Å². The number of hydrogen-bond acceptors (Lipinski definition) is 4. The molecule has 2 heterocycles.